The van der Waals surface area contributed by atoms with Crippen LogP contribution in [0.5, 0.6) is 0 Å². The number of carbonyl (C=O) groups excluding carboxylic acids is 2. The minimum Gasteiger partial charge on any atom is -0.477 e. The Bertz CT molecular complexity index is 2030. The average Bonchev–Trinajstić information content (AvgIpc) is 0.757. The fourth-order valence-corrected chi connectivity index (χ4v) is 13.1. The van der Waals surface area contributed by atoms with Gasteiger partial charge in [0.15, 0.2) is 12.6 Å². The second-order valence-electron chi connectivity index (χ2n) is 27.5. The van der Waals surface area contributed by atoms with Crippen LogP contribution < -0.4 is 10.6 Å². The molecule has 562 valence electrons. The summed E-state index contributed by atoms with van der Waals surface area (Å²) in [7, 11) is 0. The quantitative estimate of drug-likeness (QED) is 0.0201. The van der Waals surface area contributed by atoms with Crippen molar-refractivity contribution in [3.63, 3.8) is 0 Å². The minimum atomic E-state index is -3.08. The van der Waals surface area contributed by atoms with Crippen LogP contribution in [0.25, 0.3) is 0 Å². The van der Waals surface area contributed by atoms with Crippen molar-refractivity contribution in [2.75, 3.05) is 26.4 Å². The highest BCUT2D eigenvalue weighted by Crippen LogP contribution is 2.39. The molecule has 2 amide bonds. The molecule has 3 saturated heterocycles. The summed E-state index contributed by atoms with van der Waals surface area (Å²) in [6.07, 6.45) is 27.1. The fraction of sp³-hybridized carbons (Fsp3) is 0.904. The molecule has 0 aromatic rings. The number of carboxylic acid groups (broad SMARTS) is 1. The maximum absolute atomic E-state index is 13.4. The van der Waals surface area contributed by atoms with Gasteiger partial charge >= 0.3 is 5.97 Å². The van der Waals surface area contributed by atoms with Gasteiger partial charge in [0.1, 0.15) is 67.1 Å². The van der Waals surface area contributed by atoms with Crippen LogP contribution in [0.15, 0.2) is 24.3 Å². The number of rotatable bonds is 58. The van der Waals surface area contributed by atoms with Gasteiger partial charge in [-0.3, -0.25) is 9.59 Å². The van der Waals surface area contributed by atoms with Crippen molar-refractivity contribution in [3.8, 4) is 0 Å². The lowest BCUT2D eigenvalue weighted by Crippen LogP contribution is -2.70. The highest BCUT2D eigenvalue weighted by Gasteiger charge is 2.60. The van der Waals surface area contributed by atoms with Gasteiger partial charge in [0.25, 0.3) is 5.79 Å². The van der Waals surface area contributed by atoms with Gasteiger partial charge in [-0.2, -0.15) is 0 Å². The summed E-state index contributed by atoms with van der Waals surface area (Å²) >= 11 is 0. The summed E-state index contributed by atoms with van der Waals surface area (Å²) in [6, 6.07) is -2.61. The number of carbonyl (C=O) groups is 3. The molecular formula is C73H134N2O21. The Morgan fingerprint density at radius 2 is 0.979 bits per heavy atom. The Morgan fingerprint density at radius 1 is 0.542 bits per heavy atom. The lowest BCUT2D eigenvalue weighted by Gasteiger charge is -2.50. The van der Waals surface area contributed by atoms with E-state index in [-0.39, 0.29) is 12.3 Å². The van der Waals surface area contributed by atoms with Crippen molar-refractivity contribution >= 4 is 17.8 Å². The molecule has 3 aliphatic heterocycles. The summed E-state index contributed by atoms with van der Waals surface area (Å²) in [4.78, 5) is 38.5. The van der Waals surface area contributed by atoms with Crippen LogP contribution in [-0.4, -0.2) is 215 Å². The topological polar surface area (TPSA) is 373 Å². The first-order valence-electron chi connectivity index (χ1n) is 37.7. The molecule has 0 saturated carbocycles. The summed E-state index contributed by atoms with van der Waals surface area (Å²) in [5.41, 5.74) is 0. The molecule has 0 bridgehead atoms. The number of carboxylic acids is 1. The SMILES string of the molecule is CCCCCCCCC/C=C/C(O)C(COC1OC(CO)C(OC2OC(CO)C(O)C(OC3(C(=O)O)CC(O)C(NC(C)=O)C(C(O)C(O)CO)O3)C2O)C(O)C1O)NC(=O)CCCCCCCCCCCCCCCCCCC/C=C\CCCCCCCCCCCCCC. The van der Waals surface area contributed by atoms with E-state index in [1.165, 1.54) is 180 Å². The smallest absolute Gasteiger partial charge is 0.364 e. The molecule has 3 rings (SSSR count). The van der Waals surface area contributed by atoms with Gasteiger partial charge in [-0.1, -0.05) is 244 Å². The van der Waals surface area contributed by atoms with Crippen molar-refractivity contribution in [2.45, 2.75) is 394 Å². The van der Waals surface area contributed by atoms with Gasteiger partial charge in [-0.05, 0) is 44.9 Å². The number of aliphatic carboxylic acids is 1. The maximum Gasteiger partial charge on any atom is 0.364 e. The molecule has 23 heteroatoms. The first-order chi connectivity index (χ1) is 46.4. The average molecular weight is 1380 g/mol. The van der Waals surface area contributed by atoms with E-state index in [1.807, 2.05) is 6.08 Å². The van der Waals surface area contributed by atoms with Gasteiger partial charge in [-0.25, -0.2) is 4.79 Å². The van der Waals surface area contributed by atoms with Crippen LogP contribution in [0.1, 0.15) is 284 Å². The van der Waals surface area contributed by atoms with Crippen LogP contribution in [0.3, 0.4) is 0 Å². The third kappa shape index (κ3) is 34.3. The Morgan fingerprint density at radius 3 is 1.42 bits per heavy atom. The van der Waals surface area contributed by atoms with Crippen molar-refractivity contribution in [1.82, 2.24) is 10.6 Å². The van der Waals surface area contributed by atoms with Crippen LogP contribution >= 0.6 is 0 Å². The first kappa shape index (κ1) is 87.4. The number of nitrogens with one attached hydrogen (secondary N) is 2. The van der Waals surface area contributed by atoms with Crippen LogP contribution in [0, 0.1) is 0 Å². The second-order valence-corrected chi connectivity index (χ2v) is 27.5. The van der Waals surface area contributed by atoms with Crippen LogP contribution in [0.2, 0.25) is 0 Å². The standard InChI is InChI=1S/C73H134N2O21/c1-4-6-8-10-12-14-15-16-17-18-19-20-21-22-23-24-25-26-27-28-29-30-31-32-33-34-35-36-37-39-41-43-45-47-60(83)75-54(55(80)46-44-42-40-38-13-11-9-7-5-2)52-91-70-65(87)64(86)67(59(51-78)93-70)94-71-66(88)69(63(85)58(50-77)92-71)96-73(72(89)90)48-56(81)61(74-53(3)79)68(95-73)62(84)57(82)49-76/h22-23,44,46,54-59,61-71,76-78,80-82,84-88H,4-21,24-43,45,47-52H2,1-3H3,(H,74,79)(H,75,83)(H,89,90)/b23-22-,46-44+. The molecule has 3 heterocycles. The van der Waals surface area contributed by atoms with Gasteiger partial charge in [0.2, 0.25) is 11.8 Å². The second kappa shape index (κ2) is 53.1. The van der Waals surface area contributed by atoms with Gasteiger partial charge < -0.3 is 100 Å². The Kier molecular flexibility index (Phi) is 48.3. The third-order valence-electron chi connectivity index (χ3n) is 19.1. The number of allylic oxidation sites excluding steroid dienone is 3. The molecule has 0 spiro atoms. The molecule has 18 unspecified atom stereocenters. The number of amides is 2. The predicted molar refractivity (Wildman–Crippen MR) is 366 cm³/mol. The lowest BCUT2D eigenvalue weighted by atomic mass is 9.88. The van der Waals surface area contributed by atoms with E-state index in [9.17, 15) is 75.7 Å². The Labute approximate surface area is 574 Å². The first-order valence-corrected chi connectivity index (χ1v) is 37.7. The molecule has 3 fully saturated rings. The molecule has 14 N–H and O–H groups in total. The van der Waals surface area contributed by atoms with E-state index >= 15 is 0 Å². The minimum absolute atomic E-state index is 0.202. The van der Waals surface area contributed by atoms with Crippen LogP contribution in [0.4, 0.5) is 0 Å². The third-order valence-corrected chi connectivity index (χ3v) is 19.1. The molecular weight excluding hydrogens is 1240 g/mol. The molecule has 3 aliphatic rings. The van der Waals surface area contributed by atoms with Crippen molar-refractivity contribution in [1.29, 1.82) is 0 Å². The number of unbranched alkanes of at least 4 members (excludes halogenated alkanes) is 36. The molecule has 0 aromatic carbocycles. The maximum atomic E-state index is 13.4. The van der Waals surface area contributed by atoms with Crippen LogP contribution in [-0.2, 0) is 42.8 Å². The summed E-state index contributed by atoms with van der Waals surface area (Å²) in [5.74, 6) is -6.14. The number of aliphatic hydroxyl groups is 11. The Hall–Kier alpha value is -2.79. The number of hydrogen-bond donors (Lipinski definition) is 14. The van der Waals surface area contributed by atoms with E-state index in [2.05, 4.69) is 36.6 Å². The summed E-state index contributed by atoms with van der Waals surface area (Å²) < 4.78 is 34.7. The predicted octanol–water partition coefficient (Wildman–Crippen LogP) is 8.40. The molecule has 96 heavy (non-hydrogen) atoms. The highest BCUT2D eigenvalue weighted by molar-refractivity contribution is 5.77. The molecule has 23 nitrogen and oxygen atoms in total. The van der Waals surface area contributed by atoms with Gasteiger partial charge in [-0.15, -0.1) is 0 Å². The van der Waals surface area contributed by atoms with Crippen molar-refractivity contribution in [2.24, 2.45) is 0 Å². The molecule has 0 aliphatic carbocycles. The fourth-order valence-electron chi connectivity index (χ4n) is 13.1. The highest BCUT2D eigenvalue weighted by atomic mass is 16.8. The number of aliphatic hydroxyl groups excluding tert-OH is 11. The van der Waals surface area contributed by atoms with E-state index < -0.39 is 155 Å². The lowest BCUT2D eigenvalue weighted by molar-refractivity contribution is -0.386. The number of ether oxygens (including phenoxy) is 6. The molecule has 18 atom stereocenters. The summed E-state index contributed by atoms with van der Waals surface area (Å²) in [5, 5.41) is 136. The molecule has 0 radical (unpaired) electrons. The molecule has 0 aromatic heterocycles. The van der Waals surface area contributed by atoms with E-state index in [1.54, 1.807) is 6.08 Å². The zero-order chi connectivity index (χ0) is 70.4. The Balaban J connectivity index is 1.43. The van der Waals surface area contributed by atoms with Gasteiger partial charge in [0.05, 0.1) is 50.7 Å². The van der Waals surface area contributed by atoms with Gasteiger partial charge in [0, 0.05) is 19.8 Å². The monoisotopic (exact) mass is 1370 g/mol. The van der Waals surface area contributed by atoms with Crippen molar-refractivity contribution < 1.29 is 104 Å². The van der Waals surface area contributed by atoms with E-state index in [4.69, 9.17) is 28.4 Å². The van der Waals surface area contributed by atoms with E-state index in [0.29, 0.717) is 12.8 Å². The van der Waals surface area contributed by atoms with E-state index in [0.717, 1.165) is 64.7 Å². The number of hydrogen-bond acceptors (Lipinski definition) is 20. The summed E-state index contributed by atoms with van der Waals surface area (Å²) in [6.45, 7) is 2.10. The largest absolute Gasteiger partial charge is 0.477 e. The van der Waals surface area contributed by atoms with Crippen molar-refractivity contribution in [3.05, 3.63) is 24.3 Å². The zero-order valence-corrected chi connectivity index (χ0v) is 59.0. The zero-order valence-electron chi connectivity index (χ0n) is 59.0. The normalized spacial score (nSPS) is 27.7.